The van der Waals surface area contributed by atoms with Crippen molar-refractivity contribution < 1.29 is 0 Å². The molecule has 1 aliphatic rings. The van der Waals surface area contributed by atoms with E-state index in [9.17, 15) is 4.79 Å². The average molecular weight is 521 g/mol. The highest BCUT2D eigenvalue weighted by molar-refractivity contribution is 6.06. The summed E-state index contributed by atoms with van der Waals surface area (Å²) in [6.45, 7) is 4.67. The summed E-state index contributed by atoms with van der Waals surface area (Å²) < 4.78 is 1.85. The molecule has 0 N–H and O–H groups in total. The van der Waals surface area contributed by atoms with Gasteiger partial charge < -0.3 is 4.90 Å². The molecule has 0 radical (unpaired) electrons. The van der Waals surface area contributed by atoms with Crippen LogP contribution in [0.25, 0.3) is 27.4 Å². The monoisotopic (exact) mass is 520 g/mol. The third-order valence-electron chi connectivity index (χ3n) is 8.67. The second kappa shape index (κ2) is 9.53. The number of para-hydroxylation sites is 3. The van der Waals surface area contributed by atoms with Crippen molar-refractivity contribution in [1.29, 1.82) is 0 Å². The van der Waals surface area contributed by atoms with Gasteiger partial charge in [-0.05, 0) is 71.5 Å². The van der Waals surface area contributed by atoms with Crippen LogP contribution in [0, 0.1) is 0 Å². The summed E-state index contributed by atoms with van der Waals surface area (Å²) in [5, 5.41) is 2.80. The molecular formula is C37H32N2O. The van der Waals surface area contributed by atoms with Crippen LogP contribution in [0.15, 0.2) is 126 Å². The molecule has 0 atom stereocenters. The lowest BCUT2D eigenvalue weighted by atomic mass is 9.69. The van der Waals surface area contributed by atoms with E-state index in [0.29, 0.717) is 0 Å². The number of aromatic nitrogens is 1. The van der Waals surface area contributed by atoms with Gasteiger partial charge in [0.05, 0.1) is 16.9 Å². The molecule has 0 fully saturated rings. The number of hydrogen-bond donors (Lipinski definition) is 0. The van der Waals surface area contributed by atoms with Crippen LogP contribution in [-0.4, -0.2) is 4.57 Å². The minimum Gasteiger partial charge on any atom is -0.310 e. The van der Waals surface area contributed by atoms with Crippen molar-refractivity contribution in [2.75, 3.05) is 4.90 Å². The third kappa shape index (κ3) is 3.61. The second-order valence-corrected chi connectivity index (χ2v) is 11.0. The molecule has 1 aliphatic heterocycles. The first kappa shape index (κ1) is 24.4. The zero-order valence-corrected chi connectivity index (χ0v) is 23.0. The molecule has 0 amide bonds. The molecule has 40 heavy (non-hydrogen) atoms. The topological polar surface area (TPSA) is 25.2 Å². The number of benzene rings is 5. The molecule has 6 aromatic rings. The van der Waals surface area contributed by atoms with E-state index in [1.165, 1.54) is 35.3 Å². The minimum absolute atomic E-state index is 0.00223. The maximum absolute atomic E-state index is 13.8. The number of hydrogen-bond acceptors (Lipinski definition) is 2. The number of fused-ring (bicyclic) bond motifs is 5. The van der Waals surface area contributed by atoms with Gasteiger partial charge in [0.15, 0.2) is 0 Å². The van der Waals surface area contributed by atoms with Gasteiger partial charge in [-0.3, -0.25) is 9.36 Å². The molecule has 196 valence electrons. The fourth-order valence-electron chi connectivity index (χ4n) is 6.66. The lowest BCUT2D eigenvalue weighted by Gasteiger charge is -2.44. The van der Waals surface area contributed by atoms with E-state index in [1.807, 2.05) is 47.0 Å². The molecule has 2 heterocycles. The minimum atomic E-state index is -0.0447. The highest BCUT2D eigenvalue weighted by Gasteiger charge is 2.39. The van der Waals surface area contributed by atoms with Crippen LogP contribution >= 0.6 is 0 Å². The predicted molar refractivity (Wildman–Crippen MR) is 168 cm³/mol. The zero-order valence-electron chi connectivity index (χ0n) is 23.0. The lowest BCUT2D eigenvalue weighted by molar-refractivity contribution is 0.489. The summed E-state index contributed by atoms with van der Waals surface area (Å²) in [5.41, 5.74) is 7.99. The van der Waals surface area contributed by atoms with Gasteiger partial charge in [-0.25, -0.2) is 0 Å². The van der Waals surface area contributed by atoms with E-state index in [1.54, 1.807) is 0 Å². The molecule has 0 aliphatic carbocycles. The molecule has 0 unspecified atom stereocenters. The van der Waals surface area contributed by atoms with Crippen LogP contribution in [0.3, 0.4) is 0 Å². The molecule has 0 saturated heterocycles. The predicted octanol–water partition coefficient (Wildman–Crippen LogP) is 9.42. The highest BCUT2D eigenvalue weighted by Crippen LogP contribution is 2.53. The second-order valence-electron chi connectivity index (χ2n) is 11.0. The van der Waals surface area contributed by atoms with Crippen LogP contribution in [0.4, 0.5) is 17.1 Å². The van der Waals surface area contributed by atoms with E-state index >= 15 is 0 Å². The Bertz CT molecular complexity index is 1890. The largest absolute Gasteiger partial charge is 0.310 e. The van der Waals surface area contributed by atoms with Crippen LogP contribution < -0.4 is 10.5 Å². The summed E-state index contributed by atoms with van der Waals surface area (Å²) >= 11 is 0. The molecule has 3 nitrogen and oxygen atoms in total. The van der Waals surface area contributed by atoms with E-state index < -0.39 is 0 Å². The normalized spacial score (nSPS) is 13.8. The van der Waals surface area contributed by atoms with Crippen molar-refractivity contribution in [3.63, 3.8) is 0 Å². The molecule has 0 spiro atoms. The quantitative estimate of drug-likeness (QED) is 0.212. The van der Waals surface area contributed by atoms with E-state index in [2.05, 4.69) is 97.6 Å². The van der Waals surface area contributed by atoms with Gasteiger partial charge in [0.2, 0.25) is 0 Å². The summed E-state index contributed by atoms with van der Waals surface area (Å²) in [4.78, 5) is 16.1. The van der Waals surface area contributed by atoms with Crippen LogP contribution in [0.5, 0.6) is 0 Å². The SMILES string of the molecule is CCCCC1(C)c2ccccc2N(c2ccc(-n3c(=O)c4ccccc4c4ccccc43)cc2)c2ccccc21. The lowest BCUT2D eigenvalue weighted by Crippen LogP contribution is -2.33. The van der Waals surface area contributed by atoms with Crippen LogP contribution in [-0.2, 0) is 5.41 Å². The van der Waals surface area contributed by atoms with Crippen LogP contribution in [0.1, 0.15) is 44.2 Å². The first-order valence-electron chi connectivity index (χ1n) is 14.2. The van der Waals surface area contributed by atoms with E-state index in [-0.39, 0.29) is 11.0 Å². The van der Waals surface area contributed by atoms with E-state index in [4.69, 9.17) is 0 Å². The summed E-state index contributed by atoms with van der Waals surface area (Å²) in [6.07, 6.45) is 3.47. The fraction of sp³-hybridized carbons (Fsp3) is 0.162. The van der Waals surface area contributed by atoms with Crippen molar-refractivity contribution in [2.45, 2.75) is 38.5 Å². The van der Waals surface area contributed by atoms with Gasteiger partial charge in [-0.15, -0.1) is 0 Å². The van der Waals surface area contributed by atoms with Crippen LogP contribution in [0.2, 0.25) is 0 Å². The fourth-order valence-corrected chi connectivity index (χ4v) is 6.66. The summed E-state index contributed by atoms with van der Waals surface area (Å²) in [5.74, 6) is 0. The maximum atomic E-state index is 13.8. The van der Waals surface area contributed by atoms with Gasteiger partial charge in [0.1, 0.15) is 0 Å². The van der Waals surface area contributed by atoms with Crippen molar-refractivity contribution in [2.24, 2.45) is 0 Å². The number of rotatable bonds is 5. The molecule has 0 saturated carbocycles. The number of nitrogens with zero attached hydrogens (tertiary/aromatic N) is 2. The number of anilines is 3. The Hall–Kier alpha value is -4.63. The van der Waals surface area contributed by atoms with Crippen molar-refractivity contribution in [3.05, 3.63) is 143 Å². The molecule has 3 heteroatoms. The van der Waals surface area contributed by atoms with Gasteiger partial charge in [-0.2, -0.15) is 0 Å². The molecule has 5 aromatic carbocycles. The number of unbranched alkanes of at least 4 members (excludes halogenated alkanes) is 1. The Labute approximate surface area is 235 Å². The highest BCUT2D eigenvalue weighted by atomic mass is 16.1. The van der Waals surface area contributed by atoms with Gasteiger partial charge >= 0.3 is 0 Å². The molecule has 0 bridgehead atoms. The summed E-state index contributed by atoms with van der Waals surface area (Å²) in [7, 11) is 0. The third-order valence-corrected chi connectivity index (χ3v) is 8.67. The summed E-state index contributed by atoms with van der Waals surface area (Å²) in [6, 6.07) is 42.2. The van der Waals surface area contributed by atoms with Gasteiger partial charge in [0, 0.05) is 27.6 Å². The Morgan fingerprint density at radius 1 is 0.600 bits per heavy atom. The molecule has 1 aromatic heterocycles. The molecule has 7 rings (SSSR count). The van der Waals surface area contributed by atoms with Crippen molar-refractivity contribution >= 4 is 38.7 Å². The van der Waals surface area contributed by atoms with Gasteiger partial charge in [-0.1, -0.05) is 99.5 Å². The Morgan fingerprint density at radius 2 is 1.12 bits per heavy atom. The Kier molecular flexibility index (Phi) is 5.82. The number of pyridine rings is 1. The smallest absolute Gasteiger partial charge is 0.263 e. The first-order chi connectivity index (χ1) is 19.6. The average Bonchev–Trinajstić information content (AvgIpc) is 3.01. The standard InChI is InChI=1S/C37H32N2O/c1-3-4-25-37(2)31-16-8-11-19-34(31)38(35-20-12-9-17-32(35)37)26-21-23-27(24-22-26)39-33-18-10-7-14-29(33)28-13-5-6-15-30(28)36(39)40/h5-24H,3-4,25H2,1-2H3. The Balaban J connectivity index is 1.40. The first-order valence-corrected chi connectivity index (χ1v) is 14.2. The Morgan fingerprint density at radius 3 is 1.77 bits per heavy atom. The maximum Gasteiger partial charge on any atom is 0.263 e. The molecular weight excluding hydrogens is 488 g/mol. The van der Waals surface area contributed by atoms with Crippen molar-refractivity contribution in [1.82, 2.24) is 4.57 Å². The zero-order chi connectivity index (χ0) is 27.3. The van der Waals surface area contributed by atoms with Crippen molar-refractivity contribution in [3.8, 4) is 5.69 Å². The van der Waals surface area contributed by atoms with E-state index in [0.717, 1.165) is 39.5 Å². The van der Waals surface area contributed by atoms with Gasteiger partial charge in [0.25, 0.3) is 5.56 Å².